The molecule has 1 aromatic carbocycles. The van der Waals surface area contributed by atoms with Crippen LogP contribution >= 0.6 is 0 Å². The van der Waals surface area contributed by atoms with Gasteiger partial charge in [0.1, 0.15) is 0 Å². The highest BCUT2D eigenvalue weighted by atomic mass is 16.4. The van der Waals surface area contributed by atoms with Crippen molar-refractivity contribution < 1.29 is 14.7 Å². The zero-order valence-corrected chi connectivity index (χ0v) is 12.7. The minimum absolute atomic E-state index is 0.0263. The lowest BCUT2D eigenvalue weighted by atomic mass is 9.96. The molecule has 0 radical (unpaired) electrons. The maximum Gasteiger partial charge on any atom is 0.305 e. The lowest BCUT2D eigenvalue weighted by Crippen LogP contribution is -2.39. The number of aryl methyl sites for hydroxylation is 1. The molecule has 2 atom stereocenters. The molecule has 1 aliphatic rings. The van der Waals surface area contributed by atoms with E-state index in [1.807, 2.05) is 31.2 Å². The highest BCUT2D eigenvalue weighted by molar-refractivity contribution is 5.96. The Morgan fingerprint density at radius 3 is 2.57 bits per heavy atom. The van der Waals surface area contributed by atoms with Gasteiger partial charge in [0.2, 0.25) is 5.91 Å². The van der Waals surface area contributed by atoms with E-state index in [4.69, 9.17) is 5.11 Å². The van der Waals surface area contributed by atoms with E-state index in [-0.39, 0.29) is 24.8 Å². The van der Waals surface area contributed by atoms with Crippen LogP contribution < -0.4 is 4.90 Å². The van der Waals surface area contributed by atoms with Crippen LogP contribution in [0.4, 0.5) is 5.69 Å². The molecule has 0 spiro atoms. The van der Waals surface area contributed by atoms with Gasteiger partial charge in [-0.2, -0.15) is 0 Å². The Balaban J connectivity index is 2.25. The second-order valence-corrected chi connectivity index (χ2v) is 5.93. The highest BCUT2D eigenvalue weighted by Crippen LogP contribution is 2.34. The topological polar surface area (TPSA) is 57.6 Å². The minimum atomic E-state index is -0.874. The number of nitrogens with zero attached hydrogens (tertiary/aromatic N) is 1. The van der Waals surface area contributed by atoms with Gasteiger partial charge in [0.05, 0.1) is 6.42 Å². The fourth-order valence-electron chi connectivity index (χ4n) is 3.14. The third-order valence-electron chi connectivity index (χ3n) is 4.40. The summed E-state index contributed by atoms with van der Waals surface area (Å²) in [4.78, 5) is 25.4. The lowest BCUT2D eigenvalue weighted by molar-refractivity contribution is -0.136. The van der Waals surface area contributed by atoms with E-state index < -0.39 is 5.97 Å². The third kappa shape index (κ3) is 3.63. The van der Waals surface area contributed by atoms with Crippen LogP contribution in [0.5, 0.6) is 0 Å². The Morgan fingerprint density at radius 2 is 2.00 bits per heavy atom. The Bertz CT molecular complexity index is 527. The van der Waals surface area contributed by atoms with Crippen molar-refractivity contribution in [1.82, 2.24) is 0 Å². The summed E-state index contributed by atoms with van der Waals surface area (Å²) in [5.74, 6) is -0.386. The first-order chi connectivity index (χ1) is 10.0. The number of hydrogen-bond acceptors (Lipinski definition) is 2. The molecular weight excluding hydrogens is 266 g/mol. The molecule has 114 valence electrons. The van der Waals surface area contributed by atoms with Crippen LogP contribution in [0.15, 0.2) is 24.3 Å². The van der Waals surface area contributed by atoms with Crippen LogP contribution in [0.1, 0.15) is 38.2 Å². The lowest BCUT2D eigenvalue weighted by Gasteiger charge is -2.28. The number of carboxylic acids is 1. The van der Waals surface area contributed by atoms with Gasteiger partial charge in [0.25, 0.3) is 0 Å². The third-order valence-corrected chi connectivity index (χ3v) is 4.40. The van der Waals surface area contributed by atoms with Crippen LogP contribution in [0, 0.1) is 18.8 Å². The fourth-order valence-corrected chi connectivity index (χ4v) is 3.14. The van der Waals surface area contributed by atoms with Gasteiger partial charge >= 0.3 is 5.97 Å². The van der Waals surface area contributed by atoms with Gasteiger partial charge in [-0.15, -0.1) is 0 Å². The van der Waals surface area contributed by atoms with Crippen molar-refractivity contribution in [3.8, 4) is 0 Å². The maximum absolute atomic E-state index is 12.9. The summed E-state index contributed by atoms with van der Waals surface area (Å²) < 4.78 is 0. The first kappa shape index (κ1) is 15.5. The summed E-state index contributed by atoms with van der Waals surface area (Å²) in [6.07, 6.45) is 3.05. The number of hydrogen-bond donors (Lipinski definition) is 1. The largest absolute Gasteiger partial charge is 0.481 e. The van der Waals surface area contributed by atoms with E-state index in [1.54, 1.807) is 4.90 Å². The van der Waals surface area contributed by atoms with E-state index in [0.717, 1.165) is 30.5 Å². The number of anilines is 1. The molecule has 1 N–H and O–H groups in total. The quantitative estimate of drug-likeness (QED) is 0.905. The SMILES string of the molecule is Cc1ccccc1N(CCC(=O)O)C(=O)C1CCCC1C. The maximum atomic E-state index is 12.9. The molecule has 2 unspecified atom stereocenters. The Kier molecular flexibility index (Phi) is 4.99. The number of benzene rings is 1. The molecule has 4 nitrogen and oxygen atoms in total. The van der Waals surface area contributed by atoms with Crippen molar-refractivity contribution in [1.29, 1.82) is 0 Å². The van der Waals surface area contributed by atoms with Crippen molar-refractivity contribution in [2.75, 3.05) is 11.4 Å². The van der Waals surface area contributed by atoms with Crippen LogP contribution in [0.2, 0.25) is 0 Å². The van der Waals surface area contributed by atoms with Crippen molar-refractivity contribution in [3.05, 3.63) is 29.8 Å². The van der Waals surface area contributed by atoms with Crippen molar-refractivity contribution >= 4 is 17.6 Å². The molecule has 1 fully saturated rings. The zero-order chi connectivity index (χ0) is 15.4. The van der Waals surface area contributed by atoms with Crippen molar-refractivity contribution in [2.45, 2.75) is 39.5 Å². The van der Waals surface area contributed by atoms with Gasteiger partial charge < -0.3 is 10.0 Å². The molecule has 4 heteroatoms. The molecule has 1 aromatic rings. The predicted molar refractivity (Wildman–Crippen MR) is 82.3 cm³/mol. The summed E-state index contributed by atoms with van der Waals surface area (Å²) >= 11 is 0. The van der Waals surface area contributed by atoms with E-state index >= 15 is 0 Å². The minimum Gasteiger partial charge on any atom is -0.481 e. The number of para-hydroxylation sites is 1. The first-order valence-corrected chi connectivity index (χ1v) is 7.59. The summed E-state index contributed by atoms with van der Waals surface area (Å²) in [6.45, 7) is 4.31. The van der Waals surface area contributed by atoms with E-state index in [2.05, 4.69) is 6.92 Å². The molecule has 1 saturated carbocycles. The molecule has 0 saturated heterocycles. The van der Waals surface area contributed by atoms with Crippen LogP contribution in [-0.2, 0) is 9.59 Å². The van der Waals surface area contributed by atoms with Gasteiger partial charge in [0, 0.05) is 18.2 Å². The van der Waals surface area contributed by atoms with Gasteiger partial charge in [-0.05, 0) is 37.3 Å². The van der Waals surface area contributed by atoms with Gasteiger partial charge in [-0.25, -0.2) is 0 Å². The van der Waals surface area contributed by atoms with Crippen LogP contribution in [0.25, 0.3) is 0 Å². The zero-order valence-electron chi connectivity index (χ0n) is 12.7. The molecule has 0 bridgehead atoms. The number of aliphatic carboxylic acids is 1. The normalized spacial score (nSPS) is 21.2. The van der Waals surface area contributed by atoms with Gasteiger partial charge in [-0.3, -0.25) is 9.59 Å². The van der Waals surface area contributed by atoms with Crippen molar-refractivity contribution in [2.24, 2.45) is 11.8 Å². The molecule has 0 aliphatic heterocycles. The van der Waals surface area contributed by atoms with Gasteiger partial charge in [-0.1, -0.05) is 31.5 Å². The Hall–Kier alpha value is -1.84. The van der Waals surface area contributed by atoms with E-state index in [0.29, 0.717) is 5.92 Å². The average Bonchev–Trinajstić information content (AvgIpc) is 2.86. The molecule has 0 aromatic heterocycles. The monoisotopic (exact) mass is 289 g/mol. The van der Waals surface area contributed by atoms with E-state index in [1.165, 1.54) is 0 Å². The average molecular weight is 289 g/mol. The van der Waals surface area contributed by atoms with E-state index in [9.17, 15) is 9.59 Å². The summed E-state index contributed by atoms with van der Waals surface area (Å²) in [5, 5.41) is 8.94. The van der Waals surface area contributed by atoms with Crippen molar-refractivity contribution in [3.63, 3.8) is 0 Å². The Morgan fingerprint density at radius 1 is 1.29 bits per heavy atom. The number of amides is 1. The number of carbonyl (C=O) groups is 2. The molecular formula is C17H23NO3. The second kappa shape index (κ2) is 6.74. The smallest absolute Gasteiger partial charge is 0.305 e. The second-order valence-electron chi connectivity index (χ2n) is 5.93. The Labute approximate surface area is 125 Å². The standard InChI is InChI=1S/C17H23NO3/c1-12-7-5-8-14(12)17(21)18(11-10-16(19)20)15-9-4-3-6-13(15)2/h3-4,6,9,12,14H,5,7-8,10-11H2,1-2H3,(H,19,20). The molecule has 1 amide bonds. The number of carboxylic acid groups (broad SMARTS) is 1. The molecule has 1 aliphatic carbocycles. The molecule has 0 heterocycles. The molecule has 2 rings (SSSR count). The van der Waals surface area contributed by atoms with Gasteiger partial charge in [0.15, 0.2) is 0 Å². The predicted octanol–water partition coefficient (Wildman–Crippen LogP) is 3.24. The van der Waals surface area contributed by atoms with Crippen LogP contribution in [0.3, 0.4) is 0 Å². The van der Waals surface area contributed by atoms with Crippen LogP contribution in [-0.4, -0.2) is 23.5 Å². The first-order valence-electron chi connectivity index (χ1n) is 7.59. The summed E-state index contributed by atoms with van der Waals surface area (Å²) in [5.41, 5.74) is 1.84. The fraction of sp³-hybridized carbons (Fsp3) is 0.529. The number of rotatable bonds is 5. The highest BCUT2D eigenvalue weighted by Gasteiger charge is 2.33. The number of carbonyl (C=O) groups excluding carboxylic acids is 1. The summed E-state index contributed by atoms with van der Waals surface area (Å²) in [7, 11) is 0. The summed E-state index contributed by atoms with van der Waals surface area (Å²) in [6, 6.07) is 7.67. The molecule has 21 heavy (non-hydrogen) atoms.